The lowest BCUT2D eigenvalue weighted by Gasteiger charge is -2.37. The van der Waals surface area contributed by atoms with Gasteiger partial charge in [-0.05, 0) is 38.4 Å². The molecule has 0 unspecified atom stereocenters. The average molecular weight is 363 g/mol. The second-order valence-corrected chi connectivity index (χ2v) is 7.42. The zero-order valence-corrected chi connectivity index (χ0v) is 15.9. The minimum atomic E-state index is 0.0728. The number of pyridine rings is 1. The number of likely N-dealkylation sites (tertiary alicyclic amines) is 1. The molecule has 27 heavy (non-hydrogen) atoms. The molecule has 0 saturated carbocycles. The van der Waals surface area contributed by atoms with Crippen LogP contribution < -0.4 is 0 Å². The standard InChI is InChI=1S/C21H25N5O/c1-15-4-3-5-16(12-15)14-25(2)17-7-10-26(11-8-17)21(27)18-6-9-22-20-19(18)13-23-24-20/h3-6,9,12-13,17H,7-8,10-11,14H2,1-2H3,(H,22,23,24). The number of carbonyl (C=O) groups is 1. The molecule has 0 radical (unpaired) electrons. The molecule has 3 heterocycles. The van der Waals surface area contributed by atoms with Crippen LogP contribution in [0.3, 0.4) is 0 Å². The number of nitrogens with zero attached hydrogens (tertiary/aromatic N) is 4. The number of hydrogen-bond acceptors (Lipinski definition) is 4. The van der Waals surface area contributed by atoms with E-state index in [-0.39, 0.29) is 5.91 Å². The monoisotopic (exact) mass is 363 g/mol. The first-order chi connectivity index (χ1) is 13.1. The van der Waals surface area contributed by atoms with Gasteiger partial charge in [-0.3, -0.25) is 14.8 Å². The normalized spacial score (nSPS) is 15.6. The number of carbonyl (C=O) groups excluding carboxylic acids is 1. The molecule has 1 fully saturated rings. The second-order valence-electron chi connectivity index (χ2n) is 7.42. The van der Waals surface area contributed by atoms with Gasteiger partial charge in [-0.2, -0.15) is 5.10 Å². The molecule has 1 aromatic carbocycles. The fourth-order valence-electron chi connectivity index (χ4n) is 3.95. The van der Waals surface area contributed by atoms with Crippen LogP contribution in [0.1, 0.15) is 34.3 Å². The lowest BCUT2D eigenvalue weighted by atomic mass is 10.0. The molecule has 4 rings (SSSR count). The summed E-state index contributed by atoms with van der Waals surface area (Å²) in [6, 6.07) is 11.0. The van der Waals surface area contributed by atoms with Crippen molar-refractivity contribution in [1.82, 2.24) is 25.0 Å². The summed E-state index contributed by atoms with van der Waals surface area (Å²) in [7, 11) is 2.18. The predicted octanol–water partition coefficient (Wildman–Crippen LogP) is 3.00. The van der Waals surface area contributed by atoms with Gasteiger partial charge in [-0.1, -0.05) is 29.8 Å². The molecule has 1 saturated heterocycles. The maximum atomic E-state index is 13.0. The van der Waals surface area contributed by atoms with Crippen molar-refractivity contribution in [2.24, 2.45) is 0 Å². The minimum Gasteiger partial charge on any atom is -0.339 e. The number of H-pyrrole nitrogens is 1. The van der Waals surface area contributed by atoms with E-state index >= 15 is 0 Å². The summed E-state index contributed by atoms with van der Waals surface area (Å²) in [5.74, 6) is 0.0728. The first-order valence-corrected chi connectivity index (χ1v) is 9.45. The highest BCUT2D eigenvalue weighted by atomic mass is 16.2. The van der Waals surface area contributed by atoms with E-state index in [2.05, 4.69) is 58.3 Å². The van der Waals surface area contributed by atoms with Crippen LogP contribution in [-0.4, -0.2) is 57.1 Å². The van der Waals surface area contributed by atoms with E-state index < -0.39 is 0 Å². The van der Waals surface area contributed by atoms with E-state index in [4.69, 9.17) is 0 Å². The molecule has 140 valence electrons. The Morgan fingerprint density at radius 1 is 1.30 bits per heavy atom. The lowest BCUT2D eigenvalue weighted by Crippen LogP contribution is -2.45. The van der Waals surface area contributed by atoms with Crippen LogP contribution in [0.5, 0.6) is 0 Å². The summed E-state index contributed by atoms with van der Waals surface area (Å²) in [6.07, 6.45) is 5.33. The summed E-state index contributed by atoms with van der Waals surface area (Å²) in [4.78, 5) is 21.5. The van der Waals surface area contributed by atoms with Gasteiger partial charge in [0.2, 0.25) is 0 Å². The highest BCUT2D eigenvalue weighted by Gasteiger charge is 2.27. The Morgan fingerprint density at radius 2 is 2.11 bits per heavy atom. The number of fused-ring (bicyclic) bond motifs is 1. The third-order valence-corrected chi connectivity index (χ3v) is 5.47. The third-order valence-electron chi connectivity index (χ3n) is 5.47. The fraction of sp³-hybridized carbons (Fsp3) is 0.381. The van der Waals surface area contributed by atoms with E-state index in [1.165, 1.54) is 11.1 Å². The number of piperidine rings is 1. The molecule has 6 heteroatoms. The van der Waals surface area contributed by atoms with E-state index in [0.717, 1.165) is 37.9 Å². The van der Waals surface area contributed by atoms with Gasteiger partial charge in [0.1, 0.15) is 0 Å². The molecule has 2 aromatic heterocycles. The Balaban J connectivity index is 1.38. The Morgan fingerprint density at radius 3 is 2.89 bits per heavy atom. The van der Waals surface area contributed by atoms with Crippen molar-refractivity contribution in [3.63, 3.8) is 0 Å². The molecule has 1 N–H and O–H groups in total. The van der Waals surface area contributed by atoms with E-state index in [0.29, 0.717) is 17.3 Å². The van der Waals surface area contributed by atoms with Crippen LogP contribution in [0.4, 0.5) is 0 Å². The summed E-state index contributed by atoms with van der Waals surface area (Å²) >= 11 is 0. The highest BCUT2D eigenvalue weighted by molar-refractivity contribution is 6.05. The van der Waals surface area contributed by atoms with Crippen molar-refractivity contribution in [3.8, 4) is 0 Å². The molecule has 0 aliphatic carbocycles. The highest BCUT2D eigenvalue weighted by Crippen LogP contribution is 2.22. The first-order valence-electron chi connectivity index (χ1n) is 9.45. The molecular formula is C21H25N5O. The molecule has 1 aliphatic rings. The van der Waals surface area contributed by atoms with Gasteiger partial charge in [-0.15, -0.1) is 0 Å². The quantitative estimate of drug-likeness (QED) is 0.774. The maximum Gasteiger partial charge on any atom is 0.254 e. The average Bonchev–Trinajstić information content (AvgIpc) is 3.16. The third kappa shape index (κ3) is 3.71. The van der Waals surface area contributed by atoms with Gasteiger partial charge in [0, 0.05) is 31.9 Å². The molecule has 0 atom stereocenters. The van der Waals surface area contributed by atoms with Gasteiger partial charge in [0.25, 0.3) is 5.91 Å². The van der Waals surface area contributed by atoms with Crippen molar-refractivity contribution in [2.45, 2.75) is 32.4 Å². The summed E-state index contributed by atoms with van der Waals surface area (Å²) in [6.45, 7) is 4.64. The number of nitrogens with one attached hydrogen (secondary N) is 1. The van der Waals surface area contributed by atoms with Crippen LogP contribution in [-0.2, 0) is 6.54 Å². The number of rotatable bonds is 4. The zero-order chi connectivity index (χ0) is 18.8. The number of aromatic amines is 1. The number of aromatic nitrogens is 3. The smallest absolute Gasteiger partial charge is 0.254 e. The maximum absolute atomic E-state index is 13.0. The largest absolute Gasteiger partial charge is 0.339 e. The van der Waals surface area contributed by atoms with E-state index in [1.807, 2.05) is 4.90 Å². The van der Waals surface area contributed by atoms with Gasteiger partial charge >= 0.3 is 0 Å². The Labute approximate surface area is 159 Å². The van der Waals surface area contributed by atoms with Crippen molar-refractivity contribution in [2.75, 3.05) is 20.1 Å². The topological polar surface area (TPSA) is 65.1 Å². The molecular weight excluding hydrogens is 338 g/mol. The van der Waals surface area contributed by atoms with Gasteiger partial charge in [0.05, 0.1) is 17.1 Å². The molecule has 0 spiro atoms. The summed E-state index contributed by atoms with van der Waals surface area (Å²) in [5, 5.41) is 7.63. The van der Waals surface area contributed by atoms with Crippen LogP contribution >= 0.6 is 0 Å². The lowest BCUT2D eigenvalue weighted by molar-refractivity contribution is 0.0641. The van der Waals surface area contributed by atoms with Crippen molar-refractivity contribution in [3.05, 3.63) is 59.4 Å². The molecule has 1 amide bonds. The zero-order valence-electron chi connectivity index (χ0n) is 15.9. The van der Waals surface area contributed by atoms with Crippen molar-refractivity contribution in [1.29, 1.82) is 0 Å². The summed E-state index contributed by atoms with van der Waals surface area (Å²) < 4.78 is 0. The number of hydrogen-bond donors (Lipinski definition) is 1. The molecule has 1 aliphatic heterocycles. The van der Waals surface area contributed by atoms with Gasteiger partial charge in [-0.25, -0.2) is 4.98 Å². The Bertz CT molecular complexity index is 942. The van der Waals surface area contributed by atoms with Crippen LogP contribution in [0.15, 0.2) is 42.7 Å². The first kappa shape index (κ1) is 17.7. The van der Waals surface area contributed by atoms with Gasteiger partial charge < -0.3 is 4.90 Å². The predicted molar refractivity (Wildman–Crippen MR) is 105 cm³/mol. The fourth-order valence-corrected chi connectivity index (χ4v) is 3.95. The molecule has 0 bridgehead atoms. The van der Waals surface area contributed by atoms with E-state index in [9.17, 15) is 4.79 Å². The number of amides is 1. The number of aryl methyl sites for hydroxylation is 1. The van der Waals surface area contributed by atoms with Gasteiger partial charge in [0.15, 0.2) is 5.65 Å². The Hall–Kier alpha value is -2.73. The SMILES string of the molecule is Cc1cccc(CN(C)C2CCN(C(=O)c3ccnc4[nH]ncc34)CC2)c1. The summed E-state index contributed by atoms with van der Waals surface area (Å²) in [5.41, 5.74) is 3.98. The Kier molecular flexibility index (Phi) is 4.90. The van der Waals surface area contributed by atoms with Crippen LogP contribution in [0.25, 0.3) is 11.0 Å². The van der Waals surface area contributed by atoms with Crippen LogP contribution in [0.2, 0.25) is 0 Å². The molecule has 3 aromatic rings. The molecule has 6 nitrogen and oxygen atoms in total. The minimum absolute atomic E-state index is 0.0728. The number of benzene rings is 1. The van der Waals surface area contributed by atoms with Crippen molar-refractivity contribution >= 4 is 16.9 Å². The van der Waals surface area contributed by atoms with Crippen LogP contribution in [0, 0.1) is 6.92 Å². The van der Waals surface area contributed by atoms with E-state index in [1.54, 1.807) is 18.5 Å². The van der Waals surface area contributed by atoms with Crippen molar-refractivity contribution < 1.29 is 4.79 Å². The second kappa shape index (κ2) is 7.48.